The number of aliphatic hydroxyl groups excluding tert-OH is 1. The maximum absolute atomic E-state index is 11.6. The van der Waals surface area contributed by atoms with Gasteiger partial charge in [-0.1, -0.05) is 12.1 Å². The average Bonchev–Trinajstić information content (AvgIpc) is 3.12. The molecule has 0 saturated carbocycles. The summed E-state index contributed by atoms with van der Waals surface area (Å²) in [5.41, 5.74) is 0.737. The number of nitrogens with one attached hydrogen (secondary N) is 1. The monoisotopic (exact) mass is 279 g/mol. The second-order valence-electron chi connectivity index (χ2n) is 4.62. The molecule has 7 nitrogen and oxygen atoms in total. The molecule has 0 radical (unpaired) electrons. The number of nitrogens with zero attached hydrogens (tertiary/aromatic N) is 2. The molecule has 0 aliphatic carbocycles. The van der Waals surface area contributed by atoms with Crippen molar-refractivity contribution in [3.05, 3.63) is 24.5 Å². The Morgan fingerprint density at radius 2 is 2.40 bits per heavy atom. The number of carbonyl (C=O) groups is 1. The summed E-state index contributed by atoms with van der Waals surface area (Å²) in [6, 6.07) is 1.73. The highest BCUT2D eigenvalue weighted by atomic mass is 16.5. The smallest absolute Gasteiger partial charge is 0.227 e. The average molecular weight is 279 g/mol. The maximum Gasteiger partial charge on any atom is 0.227 e. The molecule has 0 aromatic carbocycles. The topological polar surface area (TPSA) is 101 Å². The van der Waals surface area contributed by atoms with Gasteiger partial charge >= 0.3 is 0 Å². The van der Waals surface area contributed by atoms with Gasteiger partial charge in [-0.2, -0.15) is 4.98 Å². The third-order valence-electron chi connectivity index (χ3n) is 2.77. The molecule has 0 spiro atoms. The number of hydrogen-bond acceptors (Lipinski definition) is 6. The summed E-state index contributed by atoms with van der Waals surface area (Å²) >= 11 is 0. The second-order valence-corrected chi connectivity index (χ2v) is 4.62. The molecular formula is C13H17N3O4. The van der Waals surface area contributed by atoms with Crippen LogP contribution in [0.25, 0.3) is 11.4 Å². The Balaban J connectivity index is 1.78. The number of aliphatic hydroxyl groups is 1. The van der Waals surface area contributed by atoms with Crippen LogP contribution in [0.15, 0.2) is 27.5 Å². The lowest BCUT2D eigenvalue weighted by Gasteiger charge is -2.08. The molecule has 0 aliphatic rings. The van der Waals surface area contributed by atoms with Crippen molar-refractivity contribution in [2.75, 3.05) is 13.2 Å². The Kier molecular flexibility index (Phi) is 4.89. The van der Waals surface area contributed by atoms with Crippen LogP contribution in [0.5, 0.6) is 0 Å². The van der Waals surface area contributed by atoms with Crippen molar-refractivity contribution in [2.24, 2.45) is 5.92 Å². The summed E-state index contributed by atoms with van der Waals surface area (Å²) in [5.74, 6) is 0.804. The van der Waals surface area contributed by atoms with Gasteiger partial charge in [-0.05, 0) is 12.0 Å². The van der Waals surface area contributed by atoms with Crippen LogP contribution in [-0.4, -0.2) is 34.3 Å². The maximum atomic E-state index is 11.6. The minimum absolute atomic E-state index is 0.0510. The summed E-state index contributed by atoms with van der Waals surface area (Å²) in [7, 11) is 0. The number of hydrogen-bond donors (Lipinski definition) is 2. The van der Waals surface area contributed by atoms with Crippen molar-refractivity contribution in [1.29, 1.82) is 0 Å². The standard InChI is InChI=1S/C13H17N3O4/c1-9(7-17)6-14-11(18)2-3-12-15-13(16-20-12)10-4-5-19-8-10/h4-5,8-9,17H,2-3,6-7H2,1H3,(H,14,18). The van der Waals surface area contributed by atoms with Crippen molar-refractivity contribution >= 4 is 5.91 Å². The van der Waals surface area contributed by atoms with Crippen LogP contribution in [0.3, 0.4) is 0 Å². The zero-order valence-electron chi connectivity index (χ0n) is 11.2. The van der Waals surface area contributed by atoms with Gasteiger partial charge in [0.2, 0.25) is 17.6 Å². The number of aryl methyl sites for hydroxylation is 1. The van der Waals surface area contributed by atoms with Crippen LogP contribution >= 0.6 is 0 Å². The molecule has 7 heteroatoms. The third-order valence-corrected chi connectivity index (χ3v) is 2.77. The van der Waals surface area contributed by atoms with Gasteiger partial charge in [0.1, 0.15) is 6.26 Å². The second kappa shape index (κ2) is 6.85. The SMILES string of the molecule is CC(CO)CNC(=O)CCc1nc(-c2ccoc2)no1. The molecular weight excluding hydrogens is 262 g/mol. The Morgan fingerprint density at radius 1 is 1.55 bits per heavy atom. The molecule has 1 unspecified atom stereocenters. The molecule has 1 atom stereocenters. The van der Waals surface area contributed by atoms with Crippen LogP contribution in [0.1, 0.15) is 19.2 Å². The number of aromatic nitrogens is 2. The molecule has 0 saturated heterocycles. The van der Waals surface area contributed by atoms with Gasteiger partial charge in [0.25, 0.3) is 0 Å². The van der Waals surface area contributed by atoms with Gasteiger partial charge in [0.15, 0.2) is 0 Å². The van der Waals surface area contributed by atoms with Gasteiger partial charge in [-0.25, -0.2) is 0 Å². The Morgan fingerprint density at radius 3 is 3.10 bits per heavy atom. The minimum Gasteiger partial charge on any atom is -0.472 e. The van der Waals surface area contributed by atoms with Crippen molar-refractivity contribution in [1.82, 2.24) is 15.5 Å². The van der Waals surface area contributed by atoms with E-state index in [0.29, 0.717) is 24.7 Å². The predicted molar refractivity (Wildman–Crippen MR) is 69.6 cm³/mol. The highest BCUT2D eigenvalue weighted by Crippen LogP contribution is 2.16. The molecule has 2 rings (SSSR count). The van der Waals surface area contributed by atoms with Crippen molar-refractivity contribution in [2.45, 2.75) is 19.8 Å². The van der Waals surface area contributed by atoms with Gasteiger partial charge in [0.05, 0.1) is 11.8 Å². The largest absolute Gasteiger partial charge is 0.472 e. The van der Waals surface area contributed by atoms with Crippen LogP contribution in [0.2, 0.25) is 0 Å². The fourth-order valence-corrected chi connectivity index (χ4v) is 1.53. The fourth-order valence-electron chi connectivity index (χ4n) is 1.53. The molecule has 2 heterocycles. The lowest BCUT2D eigenvalue weighted by Crippen LogP contribution is -2.29. The van der Waals surface area contributed by atoms with Crippen LogP contribution in [-0.2, 0) is 11.2 Å². The molecule has 2 N–H and O–H groups in total. The normalized spacial score (nSPS) is 12.3. The highest BCUT2D eigenvalue weighted by Gasteiger charge is 2.11. The quantitative estimate of drug-likeness (QED) is 0.784. The van der Waals surface area contributed by atoms with E-state index in [1.807, 2.05) is 6.92 Å². The molecule has 108 valence electrons. The first kappa shape index (κ1) is 14.3. The van der Waals surface area contributed by atoms with Crippen LogP contribution < -0.4 is 5.32 Å². The van der Waals surface area contributed by atoms with Gasteiger partial charge < -0.3 is 19.4 Å². The van der Waals surface area contributed by atoms with Crippen molar-refractivity contribution in [3.63, 3.8) is 0 Å². The van der Waals surface area contributed by atoms with Crippen molar-refractivity contribution in [3.8, 4) is 11.4 Å². The number of furan rings is 1. The third kappa shape index (κ3) is 3.92. The molecule has 20 heavy (non-hydrogen) atoms. The Labute approximate surface area is 116 Å². The first-order valence-electron chi connectivity index (χ1n) is 6.41. The zero-order chi connectivity index (χ0) is 14.4. The molecule has 0 bridgehead atoms. The lowest BCUT2D eigenvalue weighted by molar-refractivity contribution is -0.121. The highest BCUT2D eigenvalue weighted by molar-refractivity contribution is 5.76. The number of amides is 1. The number of carbonyl (C=O) groups excluding carboxylic acids is 1. The molecule has 1 amide bonds. The fraction of sp³-hybridized carbons (Fsp3) is 0.462. The minimum atomic E-state index is -0.103. The summed E-state index contributed by atoms with van der Waals surface area (Å²) in [6.07, 6.45) is 3.70. The Bertz CT molecular complexity index is 536. The van der Waals surface area contributed by atoms with E-state index < -0.39 is 0 Å². The summed E-state index contributed by atoms with van der Waals surface area (Å²) in [4.78, 5) is 15.8. The van der Waals surface area contributed by atoms with E-state index in [2.05, 4.69) is 15.5 Å². The predicted octanol–water partition coefficient (Wildman–Crippen LogP) is 1.01. The first-order chi connectivity index (χ1) is 9.69. The first-order valence-corrected chi connectivity index (χ1v) is 6.41. The van der Waals surface area contributed by atoms with E-state index in [-0.39, 0.29) is 24.9 Å². The lowest BCUT2D eigenvalue weighted by atomic mass is 10.2. The summed E-state index contributed by atoms with van der Waals surface area (Å²) < 4.78 is 10.00. The van der Waals surface area contributed by atoms with Crippen molar-refractivity contribution < 1.29 is 18.8 Å². The van der Waals surface area contributed by atoms with E-state index in [1.165, 1.54) is 12.5 Å². The zero-order valence-corrected chi connectivity index (χ0v) is 11.2. The van der Waals surface area contributed by atoms with Gasteiger partial charge in [-0.15, -0.1) is 0 Å². The van der Waals surface area contributed by atoms with Gasteiger partial charge in [0, 0.05) is 26.0 Å². The number of rotatable bonds is 7. The van der Waals surface area contributed by atoms with Crippen LogP contribution in [0.4, 0.5) is 0 Å². The molecule has 0 aliphatic heterocycles. The van der Waals surface area contributed by atoms with E-state index in [0.717, 1.165) is 5.56 Å². The summed E-state index contributed by atoms with van der Waals surface area (Å²) in [5, 5.41) is 15.4. The van der Waals surface area contributed by atoms with E-state index in [1.54, 1.807) is 6.07 Å². The van der Waals surface area contributed by atoms with Crippen LogP contribution in [0, 0.1) is 5.92 Å². The molecule has 2 aromatic heterocycles. The van der Waals surface area contributed by atoms with E-state index in [4.69, 9.17) is 14.0 Å². The molecule has 0 fully saturated rings. The van der Waals surface area contributed by atoms with Gasteiger partial charge in [-0.3, -0.25) is 4.79 Å². The Hall–Kier alpha value is -2.15. The summed E-state index contributed by atoms with van der Waals surface area (Å²) in [6.45, 7) is 2.37. The van der Waals surface area contributed by atoms with E-state index >= 15 is 0 Å². The molecule has 2 aromatic rings. The van der Waals surface area contributed by atoms with E-state index in [9.17, 15) is 4.79 Å².